The summed E-state index contributed by atoms with van der Waals surface area (Å²) in [4.78, 5) is 11.4. The number of aromatic nitrogens is 2. The summed E-state index contributed by atoms with van der Waals surface area (Å²) in [6.07, 6.45) is 3.22. The normalized spacial score (nSPS) is 18.1. The van der Waals surface area contributed by atoms with E-state index in [0.717, 1.165) is 69.1 Å². The van der Waals surface area contributed by atoms with Gasteiger partial charge >= 0.3 is 0 Å². The van der Waals surface area contributed by atoms with Gasteiger partial charge in [0.2, 0.25) is 5.95 Å². The molecule has 0 bridgehead atoms. The predicted octanol–water partition coefficient (Wildman–Crippen LogP) is 2.05. The number of ether oxygens (including phenoxy) is 1. The lowest BCUT2D eigenvalue weighted by Gasteiger charge is -2.26. The molecule has 5 heteroatoms. The van der Waals surface area contributed by atoms with Crippen LogP contribution in [0.3, 0.4) is 0 Å². The lowest BCUT2D eigenvalue weighted by Crippen LogP contribution is -2.35. The largest absolute Gasteiger partial charge is 0.379 e. The number of nitrogens with zero attached hydrogens (tertiary/aromatic N) is 3. The molecule has 2 aliphatic rings. The molecule has 2 N–H and O–H groups in total. The molecule has 1 aliphatic carbocycles. The van der Waals surface area contributed by atoms with Crippen molar-refractivity contribution in [1.29, 1.82) is 0 Å². The zero-order chi connectivity index (χ0) is 15.6. The van der Waals surface area contributed by atoms with Crippen molar-refractivity contribution in [2.45, 2.75) is 25.8 Å². The molecule has 1 aromatic heterocycles. The van der Waals surface area contributed by atoms with Crippen LogP contribution < -0.4 is 5.73 Å². The lowest BCUT2D eigenvalue weighted by molar-refractivity contribution is 0.0342. The molecule has 120 valence electrons. The second-order valence-electron chi connectivity index (χ2n) is 6.30. The van der Waals surface area contributed by atoms with Crippen molar-refractivity contribution in [3.05, 3.63) is 41.1 Å². The quantitative estimate of drug-likeness (QED) is 0.940. The van der Waals surface area contributed by atoms with E-state index in [2.05, 4.69) is 39.1 Å². The molecule has 0 unspecified atom stereocenters. The summed E-state index contributed by atoms with van der Waals surface area (Å²) in [6, 6.07) is 8.67. The molecule has 1 aliphatic heterocycles. The number of hydrogen-bond donors (Lipinski definition) is 1. The molecule has 1 fully saturated rings. The fraction of sp³-hybridized carbons (Fsp3) is 0.444. The first-order chi connectivity index (χ1) is 11.3. The highest BCUT2D eigenvalue weighted by molar-refractivity contribution is 5.66. The fourth-order valence-corrected chi connectivity index (χ4v) is 3.52. The maximum atomic E-state index is 5.91. The van der Waals surface area contributed by atoms with Gasteiger partial charge in [0.15, 0.2) is 0 Å². The third-order valence-corrected chi connectivity index (χ3v) is 4.66. The average molecular weight is 310 g/mol. The topological polar surface area (TPSA) is 64.3 Å². The van der Waals surface area contributed by atoms with Crippen molar-refractivity contribution < 1.29 is 4.74 Å². The fourth-order valence-electron chi connectivity index (χ4n) is 3.52. The minimum atomic E-state index is 0.388. The summed E-state index contributed by atoms with van der Waals surface area (Å²) in [5, 5.41) is 0. The summed E-state index contributed by atoms with van der Waals surface area (Å²) in [5.74, 6) is 0.388. The van der Waals surface area contributed by atoms with Crippen LogP contribution in [-0.4, -0.2) is 41.2 Å². The molecular formula is C18H22N4O. The van der Waals surface area contributed by atoms with Crippen LogP contribution in [-0.2, 0) is 24.1 Å². The molecule has 0 atom stereocenters. The van der Waals surface area contributed by atoms with E-state index in [-0.39, 0.29) is 0 Å². The van der Waals surface area contributed by atoms with Crippen molar-refractivity contribution in [2.75, 3.05) is 32.0 Å². The Morgan fingerprint density at radius 2 is 2.00 bits per heavy atom. The number of rotatable bonds is 3. The average Bonchev–Trinajstić information content (AvgIpc) is 3.03. The van der Waals surface area contributed by atoms with Gasteiger partial charge in [0.1, 0.15) is 0 Å². The Kier molecular flexibility index (Phi) is 3.97. The number of aryl methyl sites for hydroxylation is 1. The van der Waals surface area contributed by atoms with Crippen LogP contribution in [0.15, 0.2) is 24.3 Å². The van der Waals surface area contributed by atoms with Crippen LogP contribution in [0.2, 0.25) is 0 Å². The SMILES string of the molecule is Nc1nc2c(c(-c3cccc(CN4CCOCC4)c3)n1)CCC2. The summed E-state index contributed by atoms with van der Waals surface area (Å²) in [5.41, 5.74) is 11.8. The highest BCUT2D eigenvalue weighted by atomic mass is 16.5. The maximum Gasteiger partial charge on any atom is 0.220 e. The number of nitrogen functional groups attached to an aromatic ring is 1. The second kappa shape index (κ2) is 6.26. The third-order valence-electron chi connectivity index (χ3n) is 4.66. The van der Waals surface area contributed by atoms with E-state index in [4.69, 9.17) is 10.5 Å². The van der Waals surface area contributed by atoms with E-state index in [0.29, 0.717) is 5.95 Å². The molecule has 4 rings (SSSR count). The van der Waals surface area contributed by atoms with Crippen LogP contribution in [0.4, 0.5) is 5.95 Å². The Bertz CT molecular complexity index is 710. The number of fused-ring (bicyclic) bond motifs is 1. The second-order valence-corrected chi connectivity index (χ2v) is 6.30. The first kappa shape index (κ1) is 14.6. The van der Waals surface area contributed by atoms with Gasteiger partial charge in [-0.25, -0.2) is 9.97 Å². The van der Waals surface area contributed by atoms with E-state index in [1.807, 2.05) is 0 Å². The van der Waals surface area contributed by atoms with Crippen molar-refractivity contribution in [1.82, 2.24) is 14.9 Å². The van der Waals surface area contributed by atoms with Crippen LogP contribution in [0.1, 0.15) is 23.2 Å². The number of anilines is 1. The summed E-state index contributed by atoms with van der Waals surface area (Å²) in [6.45, 7) is 4.62. The van der Waals surface area contributed by atoms with Gasteiger partial charge in [-0.3, -0.25) is 4.90 Å². The van der Waals surface area contributed by atoms with Gasteiger partial charge in [-0.15, -0.1) is 0 Å². The number of benzene rings is 1. The van der Waals surface area contributed by atoms with Gasteiger partial charge in [0, 0.05) is 36.5 Å². The van der Waals surface area contributed by atoms with Gasteiger partial charge in [-0.2, -0.15) is 0 Å². The van der Waals surface area contributed by atoms with Gasteiger partial charge in [0.25, 0.3) is 0 Å². The molecule has 2 aromatic rings. The molecule has 5 nitrogen and oxygen atoms in total. The highest BCUT2D eigenvalue weighted by Crippen LogP contribution is 2.31. The van der Waals surface area contributed by atoms with Gasteiger partial charge in [-0.1, -0.05) is 18.2 Å². The van der Waals surface area contributed by atoms with Crippen molar-refractivity contribution in [3.63, 3.8) is 0 Å². The Morgan fingerprint density at radius 3 is 2.87 bits per heavy atom. The van der Waals surface area contributed by atoms with Crippen molar-refractivity contribution >= 4 is 5.95 Å². The lowest BCUT2D eigenvalue weighted by atomic mass is 10.0. The zero-order valence-corrected chi connectivity index (χ0v) is 13.3. The molecule has 23 heavy (non-hydrogen) atoms. The molecule has 0 radical (unpaired) electrons. The summed E-state index contributed by atoms with van der Waals surface area (Å²) < 4.78 is 5.42. The first-order valence-corrected chi connectivity index (χ1v) is 8.34. The smallest absolute Gasteiger partial charge is 0.220 e. The molecule has 2 heterocycles. The zero-order valence-electron chi connectivity index (χ0n) is 13.3. The first-order valence-electron chi connectivity index (χ1n) is 8.34. The summed E-state index contributed by atoms with van der Waals surface area (Å²) in [7, 11) is 0. The predicted molar refractivity (Wildman–Crippen MR) is 90.0 cm³/mol. The van der Waals surface area contributed by atoms with Crippen molar-refractivity contribution in [3.8, 4) is 11.3 Å². The van der Waals surface area contributed by atoms with Gasteiger partial charge in [-0.05, 0) is 30.9 Å². The maximum absolute atomic E-state index is 5.91. The van der Waals surface area contributed by atoms with E-state index < -0.39 is 0 Å². The molecule has 1 saturated heterocycles. The van der Waals surface area contributed by atoms with Crippen molar-refractivity contribution in [2.24, 2.45) is 0 Å². The van der Waals surface area contributed by atoms with Gasteiger partial charge in [0.05, 0.1) is 18.9 Å². The van der Waals surface area contributed by atoms with E-state index >= 15 is 0 Å². The molecule has 0 spiro atoms. The number of nitrogens with two attached hydrogens (primary N) is 1. The Labute approximate surface area is 136 Å². The van der Waals surface area contributed by atoms with Crippen LogP contribution in [0.25, 0.3) is 11.3 Å². The number of hydrogen-bond acceptors (Lipinski definition) is 5. The molecular weight excluding hydrogens is 288 g/mol. The Morgan fingerprint density at radius 1 is 1.13 bits per heavy atom. The van der Waals surface area contributed by atoms with E-state index in [9.17, 15) is 0 Å². The van der Waals surface area contributed by atoms with E-state index in [1.54, 1.807) is 0 Å². The van der Waals surface area contributed by atoms with Crippen LogP contribution in [0.5, 0.6) is 0 Å². The standard InChI is InChI=1S/C18H22N4O/c19-18-20-16-6-2-5-15(16)17(21-18)14-4-1-3-13(11-14)12-22-7-9-23-10-8-22/h1,3-4,11H,2,5-10,12H2,(H2,19,20,21). The van der Waals surface area contributed by atoms with Gasteiger partial charge < -0.3 is 10.5 Å². The Balaban J connectivity index is 1.64. The molecule has 0 saturated carbocycles. The minimum absolute atomic E-state index is 0.388. The third kappa shape index (κ3) is 3.07. The molecule has 1 aromatic carbocycles. The molecule has 0 amide bonds. The van der Waals surface area contributed by atoms with Crippen LogP contribution >= 0.6 is 0 Å². The van der Waals surface area contributed by atoms with E-state index in [1.165, 1.54) is 11.1 Å². The monoisotopic (exact) mass is 310 g/mol. The highest BCUT2D eigenvalue weighted by Gasteiger charge is 2.20. The Hall–Kier alpha value is -1.98. The summed E-state index contributed by atoms with van der Waals surface area (Å²) >= 11 is 0. The number of morpholine rings is 1. The van der Waals surface area contributed by atoms with Crippen LogP contribution in [0, 0.1) is 0 Å². The minimum Gasteiger partial charge on any atom is -0.379 e.